The summed E-state index contributed by atoms with van der Waals surface area (Å²) in [4.78, 5) is 15.4. The number of nitrogens with zero attached hydrogens (tertiary/aromatic N) is 1. The van der Waals surface area contributed by atoms with E-state index in [2.05, 4.69) is 77.2 Å². The molecular formula is C25H28N4O2. The van der Waals surface area contributed by atoms with Crippen molar-refractivity contribution in [1.82, 2.24) is 10.3 Å². The fraction of sp³-hybridized carbons (Fsp3) is 0.280. The van der Waals surface area contributed by atoms with Crippen LogP contribution in [0.5, 0.6) is 0 Å². The summed E-state index contributed by atoms with van der Waals surface area (Å²) in [6, 6.07) is 16.8. The monoisotopic (exact) mass is 416 g/mol. The number of carboxylic acids is 1. The molecule has 31 heavy (non-hydrogen) atoms. The van der Waals surface area contributed by atoms with E-state index in [4.69, 9.17) is 0 Å². The molecule has 0 saturated heterocycles. The largest absolute Gasteiger partial charge is 0.478 e. The fourth-order valence-electron chi connectivity index (χ4n) is 3.89. The molecule has 6 nitrogen and oxygen atoms in total. The van der Waals surface area contributed by atoms with Crippen LogP contribution in [0.4, 0.5) is 11.4 Å². The number of hydrogen-bond acceptors (Lipinski definition) is 5. The highest BCUT2D eigenvalue weighted by Crippen LogP contribution is 2.29. The van der Waals surface area contributed by atoms with Crippen molar-refractivity contribution in [2.24, 2.45) is 0 Å². The molecule has 1 atom stereocenters. The fourth-order valence-corrected chi connectivity index (χ4v) is 3.89. The van der Waals surface area contributed by atoms with E-state index in [0.29, 0.717) is 18.2 Å². The predicted octanol–water partition coefficient (Wildman–Crippen LogP) is 4.77. The van der Waals surface area contributed by atoms with Gasteiger partial charge in [0.25, 0.3) is 0 Å². The van der Waals surface area contributed by atoms with Crippen LogP contribution in [0.3, 0.4) is 0 Å². The minimum atomic E-state index is -0.959. The Balaban J connectivity index is 1.37. The summed E-state index contributed by atoms with van der Waals surface area (Å²) in [5, 5.41) is 19.6. The summed E-state index contributed by atoms with van der Waals surface area (Å²) >= 11 is 0. The topological polar surface area (TPSA) is 86.3 Å². The Kier molecular flexibility index (Phi) is 6.18. The van der Waals surface area contributed by atoms with E-state index >= 15 is 0 Å². The molecule has 1 aliphatic heterocycles. The van der Waals surface area contributed by atoms with Crippen LogP contribution in [0.25, 0.3) is 0 Å². The van der Waals surface area contributed by atoms with Crippen molar-refractivity contribution in [3.63, 3.8) is 0 Å². The zero-order valence-corrected chi connectivity index (χ0v) is 17.9. The van der Waals surface area contributed by atoms with E-state index in [0.717, 1.165) is 18.8 Å². The second kappa shape index (κ2) is 9.18. The van der Waals surface area contributed by atoms with E-state index in [1.54, 1.807) is 6.20 Å². The molecule has 0 amide bonds. The van der Waals surface area contributed by atoms with Crippen LogP contribution in [0.1, 0.15) is 58.4 Å². The molecule has 0 saturated carbocycles. The molecule has 6 heteroatoms. The van der Waals surface area contributed by atoms with Crippen LogP contribution in [0.15, 0.2) is 60.9 Å². The normalized spacial score (nSPS) is 15.0. The summed E-state index contributed by atoms with van der Waals surface area (Å²) in [7, 11) is 0. The zero-order chi connectivity index (χ0) is 21.8. The minimum absolute atomic E-state index is 0.120. The Morgan fingerprint density at radius 3 is 2.71 bits per heavy atom. The maximum absolute atomic E-state index is 11.4. The second-order valence-corrected chi connectivity index (χ2v) is 8.20. The van der Waals surface area contributed by atoms with Gasteiger partial charge in [0.1, 0.15) is 0 Å². The molecular weight excluding hydrogens is 388 g/mol. The number of fused-ring (bicyclic) bond motifs is 1. The van der Waals surface area contributed by atoms with Gasteiger partial charge in [-0.1, -0.05) is 44.2 Å². The molecule has 0 radical (unpaired) electrons. The standard InChI is InChI=1S/C25H28N4O2/c1-16(2)18-5-3-17(4-6-18)12-27-20-7-8-21-19(11-20)13-28-24(21)15-29-23-14-26-10-9-22(23)25(30)31/h3-11,14,16,24,27-29H,12-13,15H2,1-2H3,(H,30,31)/t24-/m0/s1. The first-order valence-electron chi connectivity index (χ1n) is 10.6. The average Bonchev–Trinajstić information content (AvgIpc) is 3.19. The number of pyridine rings is 1. The number of rotatable bonds is 8. The lowest BCUT2D eigenvalue weighted by molar-refractivity contribution is 0.0697. The third kappa shape index (κ3) is 4.86. The molecule has 1 aromatic heterocycles. The van der Waals surface area contributed by atoms with Crippen LogP contribution in [0.2, 0.25) is 0 Å². The molecule has 3 aromatic rings. The van der Waals surface area contributed by atoms with Gasteiger partial charge in [-0.15, -0.1) is 0 Å². The summed E-state index contributed by atoms with van der Waals surface area (Å²) in [5.74, 6) is -0.415. The van der Waals surface area contributed by atoms with Crippen molar-refractivity contribution in [2.75, 3.05) is 17.2 Å². The highest BCUT2D eigenvalue weighted by atomic mass is 16.4. The first-order valence-corrected chi connectivity index (χ1v) is 10.6. The maximum atomic E-state index is 11.4. The van der Waals surface area contributed by atoms with Gasteiger partial charge >= 0.3 is 5.97 Å². The highest BCUT2D eigenvalue weighted by Gasteiger charge is 2.22. The van der Waals surface area contributed by atoms with Gasteiger partial charge in [0.05, 0.1) is 23.5 Å². The number of carbonyl (C=O) groups is 1. The van der Waals surface area contributed by atoms with Crippen LogP contribution >= 0.6 is 0 Å². The van der Waals surface area contributed by atoms with Crippen LogP contribution in [-0.2, 0) is 13.1 Å². The number of carboxylic acid groups (broad SMARTS) is 1. The maximum Gasteiger partial charge on any atom is 0.337 e. The third-order valence-electron chi connectivity index (χ3n) is 5.75. The molecule has 0 fully saturated rings. The number of anilines is 2. The van der Waals surface area contributed by atoms with Gasteiger partial charge in [0.15, 0.2) is 0 Å². The third-order valence-corrected chi connectivity index (χ3v) is 5.75. The second-order valence-electron chi connectivity index (χ2n) is 8.20. The van der Waals surface area contributed by atoms with E-state index in [1.165, 1.54) is 34.5 Å². The molecule has 0 unspecified atom stereocenters. The molecule has 160 valence electrons. The van der Waals surface area contributed by atoms with Crippen LogP contribution < -0.4 is 16.0 Å². The Hall–Kier alpha value is -3.38. The van der Waals surface area contributed by atoms with Gasteiger partial charge in [-0.3, -0.25) is 4.98 Å². The smallest absolute Gasteiger partial charge is 0.337 e. The minimum Gasteiger partial charge on any atom is -0.478 e. The molecule has 0 aliphatic carbocycles. The van der Waals surface area contributed by atoms with Gasteiger partial charge in [0, 0.05) is 31.5 Å². The number of aromatic carboxylic acids is 1. The van der Waals surface area contributed by atoms with E-state index < -0.39 is 5.97 Å². The van der Waals surface area contributed by atoms with Gasteiger partial charge < -0.3 is 21.1 Å². The van der Waals surface area contributed by atoms with Crippen molar-refractivity contribution in [3.05, 3.63) is 88.7 Å². The first-order chi connectivity index (χ1) is 15.0. The Labute approximate surface area is 182 Å². The van der Waals surface area contributed by atoms with E-state index in [-0.39, 0.29) is 11.6 Å². The molecule has 4 rings (SSSR count). The van der Waals surface area contributed by atoms with Crippen LogP contribution in [-0.4, -0.2) is 22.6 Å². The molecule has 2 aromatic carbocycles. The van der Waals surface area contributed by atoms with Crippen molar-refractivity contribution in [2.45, 2.75) is 38.9 Å². The summed E-state index contributed by atoms with van der Waals surface area (Å²) in [6.07, 6.45) is 3.05. The Morgan fingerprint density at radius 2 is 1.97 bits per heavy atom. The lowest BCUT2D eigenvalue weighted by atomic mass is 10.0. The SMILES string of the molecule is CC(C)c1ccc(CNc2ccc3c(c2)CN[C@H]3CNc2cnccc2C(=O)O)cc1. The van der Waals surface area contributed by atoms with Crippen molar-refractivity contribution in [3.8, 4) is 0 Å². The van der Waals surface area contributed by atoms with Gasteiger partial charge in [-0.05, 0) is 46.4 Å². The average molecular weight is 417 g/mol. The Morgan fingerprint density at radius 1 is 1.16 bits per heavy atom. The lowest BCUT2D eigenvalue weighted by Crippen LogP contribution is -2.22. The highest BCUT2D eigenvalue weighted by molar-refractivity contribution is 5.93. The van der Waals surface area contributed by atoms with E-state index in [9.17, 15) is 9.90 Å². The number of aromatic nitrogens is 1. The Bertz CT molecular complexity index is 1060. The molecule has 2 heterocycles. The van der Waals surface area contributed by atoms with Crippen molar-refractivity contribution in [1.29, 1.82) is 0 Å². The molecule has 0 bridgehead atoms. The van der Waals surface area contributed by atoms with E-state index in [1.807, 2.05) is 0 Å². The van der Waals surface area contributed by atoms with Gasteiger partial charge in [0.2, 0.25) is 0 Å². The van der Waals surface area contributed by atoms with Crippen LogP contribution in [0, 0.1) is 0 Å². The number of benzene rings is 2. The quantitative estimate of drug-likeness (QED) is 0.423. The van der Waals surface area contributed by atoms with Gasteiger partial charge in [-0.2, -0.15) is 0 Å². The summed E-state index contributed by atoms with van der Waals surface area (Å²) < 4.78 is 0. The molecule has 0 spiro atoms. The molecule has 1 aliphatic rings. The predicted molar refractivity (Wildman–Crippen MR) is 124 cm³/mol. The lowest BCUT2D eigenvalue weighted by Gasteiger charge is -2.16. The number of hydrogen-bond donors (Lipinski definition) is 4. The summed E-state index contributed by atoms with van der Waals surface area (Å²) in [6.45, 7) is 6.58. The van der Waals surface area contributed by atoms with Crippen molar-refractivity contribution >= 4 is 17.3 Å². The first kappa shape index (κ1) is 20.9. The molecule has 4 N–H and O–H groups in total. The van der Waals surface area contributed by atoms with Gasteiger partial charge in [-0.25, -0.2) is 4.79 Å². The zero-order valence-electron chi connectivity index (χ0n) is 17.9. The van der Waals surface area contributed by atoms with Crippen molar-refractivity contribution < 1.29 is 9.90 Å². The number of nitrogens with one attached hydrogen (secondary N) is 3. The summed E-state index contributed by atoms with van der Waals surface area (Å²) in [5.41, 5.74) is 6.98.